The minimum atomic E-state index is -4.01. The fourth-order valence-electron chi connectivity index (χ4n) is 1.28. The smallest absolute Gasteiger partial charge is 0.339 e. The van der Waals surface area contributed by atoms with Gasteiger partial charge in [0.25, 0.3) is 9.05 Å². The molecule has 0 fully saturated rings. The molecular weight excluding hydrogens is 376 g/mol. The average Bonchev–Trinajstić information content (AvgIpc) is 2.16. The number of aromatic carboxylic acids is 1. The molecule has 0 unspecified atom stereocenters. The third-order valence-corrected chi connectivity index (χ3v) is 4.68. The van der Waals surface area contributed by atoms with Crippen molar-refractivity contribution in [3.8, 4) is 5.75 Å². The first-order valence-corrected chi connectivity index (χ1v) is 11.6. The van der Waals surface area contributed by atoms with E-state index in [1.54, 1.807) is 0 Å². The Bertz CT molecular complexity index is 624. The minimum Gasteiger partial charge on any atom is -0.543 e. The number of carboxylic acids is 1. The van der Waals surface area contributed by atoms with E-state index in [9.17, 15) is 13.2 Å². The molecule has 9 heteroatoms. The fourth-order valence-corrected chi connectivity index (χ4v) is 3.74. The minimum absolute atomic E-state index is 0.121. The summed E-state index contributed by atoms with van der Waals surface area (Å²) in [5.74, 6) is -1.16. The van der Waals surface area contributed by atoms with Crippen molar-refractivity contribution in [3.05, 3.63) is 22.2 Å². The van der Waals surface area contributed by atoms with Crippen molar-refractivity contribution in [1.29, 1.82) is 0 Å². The Balaban J connectivity index is 3.53. The summed E-state index contributed by atoms with van der Waals surface area (Å²) in [7, 11) is -0.834. The van der Waals surface area contributed by atoms with E-state index in [0.717, 1.165) is 6.07 Å². The highest BCUT2D eigenvalue weighted by atomic mass is 79.9. The number of halogens is 2. The van der Waals surface area contributed by atoms with Gasteiger partial charge >= 0.3 is 5.97 Å². The highest BCUT2D eigenvalue weighted by Gasteiger charge is 2.25. The van der Waals surface area contributed by atoms with E-state index in [1.807, 2.05) is 19.6 Å². The van der Waals surface area contributed by atoms with Crippen LogP contribution in [0.4, 0.5) is 0 Å². The Labute approximate surface area is 125 Å². The van der Waals surface area contributed by atoms with Crippen LogP contribution in [0.25, 0.3) is 0 Å². The molecule has 0 radical (unpaired) electrons. The highest BCUT2D eigenvalue weighted by Crippen LogP contribution is 2.35. The quantitative estimate of drug-likeness (QED) is 0.633. The molecule has 0 heterocycles. The molecule has 5 nitrogen and oxygen atoms in total. The number of hydrogen-bond acceptors (Lipinski definition) is 4. The van der Waals surface area contributed by atoms with Gasteiger partial charge in [0.2, 0.25) is 8.32 Å². The van der Waals surface area contributed by atoms with Gasteiger partial charge < -0.3 is 9.53 Å². The van der Waals surface area contributed by atoms with Crippen LogP contribution in [0.15, 0.2) is 21.5 Å². The molecular formula is C10H12BrClO5SSi. The van der Waals surface area contributed by atoms with Crippen molar-refractivity contribution >= 4 is 49.9 Å². The van der Waals surface area contributed by atoms with Gasteiger partial charge in [0, 0.05) is 10.7 Å². The maximum absolute atomic E-state index is 11.3. The normalized spacial score (nSPS) is 12.3. The molecule has 0 aliphatic heterocycles. The topological polar surface area (TPSA) is 80.7 Å². The summed E-state index contributed by atoms with van der Waals surface area (Å²) >= 11 is 3.12. The molecule has 0 aliphatic carbocycles. The van der Waals surface area contributed by atoms with Crippen LogP contribution >= 0.6 is 26.6 Å². The van der Waals surface area contributed by atoms with Crippen LogP contribution in [0.2, 0.25) is 19.6 Å². The first kappa shape index (κ1) is 16.5. The fraction of sp³-hybridized carbons (Fsp3) is 0.300. The van der Waals surface area contributed by atoms with Crippen molar-refractivity contribution in [1.82, 2.24) is 0 Å². The number of carboxylic acid groups (broad SMARTS) is 1. The van der Waals surface area contributed by atoms with Gasteiger partial charge in [-0.3, -0.25) is 0 Å². The van der Waals surface area contributed by atoms with Crippen molar-refractivity contribution in [2.24, 2.45) is 0 Å². The zero-order valence-corrected chi connectivity index (χ0v) is 14.6. The van der Waals surface area contributed by atoms with E-state index in [-0.39, 0.29) is 20.7 Å². The van der Waals surface area contributed by atoms with Crippen LogP contribution in [-0.2, 0) is 9.05 Å². The zero-order valence-electron chi connectivity index (χ0n) is 10.4. The second-order valence-corrected chi connectivity index (χ2v) is 12.6. The van der Waals surface area contributed by atoms with Gasteiger partial charge in [-0.15, -0.1) is 0 Å². The standard InChI is InChI=1S/C10H12BrClO5SSi/c1-19(2,3)17-9-7(10(13)14)4-6(5-8(9)11)18(12,15)16/h4-5H,1-3H3,(H,13,14). The first-order valence-electron chi connectivity index (χ1n) is 5.12. The summed E-state index contributed by atoms with van der Waals surface area (Å²) in [6, 6.07) is 2.22. The number of rotatable bonds is 4. The monoisotopic (exact) mass is 386 g/mol. The Morgan fingerprint density at radius 2 is 1.89 bits per heavy atom. The van der Waals surface area contributed by atoms with Crippen LogP contribution < -0.4 is 4.43 Å². The average molecular weight is 388 g/mol. The van der Waals surface area contributed by atoms with E-state index >= 15 is 0 Å². The summed E-state index contributed by atoms with van der Waals surface area (Å²) in [5.41, 5.74) is -0.240. The van der Waals surface area contributed by atoms with E-state index in [1.165, 1.54) is 6.07 Å². The number of benzene rings is 1. The summed E-state index contributed by atoms with van der Waals surface area (Å²) < 4.78 is 28.5. The van der Waals surface area contributed by atoms with E-state index in [2.05, 4.69) is 15.9 Å². The summed E-state index contributed by atoms with van der Waals surface area (Å²) in [6.45, 7) is 5.66. The van der Waals surface area contributed by atoms with Gasteiger partial charge in [-0.1, -0.05) is 0 Å². The molecule has 106 valence electrons. The predicted molar refractivity (Wildman–Crippen MR) is 78.1 cm³/mol. The van der Waals surface area contributed by atoms with E-state index < -0.39 is 23.3 Å². The van der Waals surface area contributed by atoms with E-state index in [4.69, 9.17) is 20.2 Å². The number of hydrogen-bond donors (Lipinski definition) is 1. The molecule has 0 atom stereocenters. The predicted octanol–water partition coefficient (Wildman–Crippen LogP) is 3.29. The zero-order chi connectivity index (χ0) is 15.0. The maximum Gasteiger partial charge on any atom is 0.339 e. The van der Waals surface area contributed by atoms with Gasteiger partial charge in [-0.05, 0) is 47.7 Å². The van der Waals surface area contributed by atoms with Crippen LogP contribution in [0.3, 0.4) is 0 Å². The van der Waals surface area contributed by atoms with Crippen LogP contribution in [0, 0.1) is 0 Å². The second-order valence-electron chi connectivity index (χ2n) is 4.74. The SMILES string of the molecule is C[Si](C)(C)Oc1c(Br)cc(S(=O)(=O)Cl)cc1C(=O)O. The van der Waals surface area contributed by atoms with Crippen molar-refractivity contribution in [3.63, 3.8) is 0 Å². The van der Waals surface area contributed by atoms with Gasteiger partial charge in [0.1, 0.15) is 11.3 Å². The Kier molecular flexibility index (Phi) is 4.71. The molecule has 0 aliphatic rings. The van der Waals surface area contributed by atoms with Crippen LogP contribution in [-0.4, -0.2) is 27.8 Å². The molecule has 0 saturated heterocycles. The summed E-state index contributed by atoms with van der Waals surface area (Å²) in [4.78, 5) is 10.9. The Morgan fingerprint density at radius 1 is 1.37 bits per heavy atom. The molecule has 19 heavy (non-hydrogen) atoms. The van der Waals surface area contributed by atoms with Crippen LogP contribution in [0.1, 0.15) is 10.4 Å². The van der Waals surface area contributed by atoms with Crippen molar-refractivity contribution in [2.75, 3.05) is 0 Å². The van der Waals surface area contributed by atoms with Crippen LogP contribution in [0.5, 0.6) is 5.75 Å². The van der Waals surface area contributed by atoms with E-state index in [0.29, 0.717) is 0 Å². The molecule has 0 spiro atoms. The lowest BCUT2D eigenvalue weighted by Gasteiger charge is -2.22. The first-order chi connectivity index (χ1) is 8.42. The van der Waals surface area contributed by atoms with Gasteiger partial charge in [0.05, 0.1) is 9.37 Å². The molecule has 1 aromatic rings. The summed E-state index contributed by atoms with van der Waals surface area (Å²) in [5, 5.41) is 9.15. The Hall–Kier alpha value is -0.573. The second kappa shape index (κ2) is 5.43. The molecule has 1 N–H and O–H groups in total. The largest absolute Gasteiger partial charge is 0.543 e. The molecule has 0 amide bonds. The highest BCUT2D eigenvalue weighted by molar-refractivity contribution is 9.10. The van der Waals surface area contributed by atoms with Gasteiger partial charge in [0.15, 0.2) is 0 Å². The summed E-state index contributed by atoms with van der Waals surface area (Å²) in [6.07, 6.45) is 0. The van der Waals surface area contributed by atoms with Crippen molar-refractivity contribution in [2.45, 2.75) is 24.5 Å². The lowest BCUT2D eigenvalue weighted by Crippen LogP contribution is -2.30. The molecule has 1 aromatic carbocycles. The molecule has 0 bridgehead atoms. The van der Waals surface area contributed by atoms with Gasteiger partial charge in [-0.25, -0.2) is 13.2 Å². The Morgan fingerprint density at radius 3 is 2.26 bits per heavy atom. The maximum atomic E-state index is 11.3. The third-order valence-electron chi connectivity index (χ3n) is 1.94. The molecule has 0 saturated carbocycles. The third kappa shape index (κ3) is 4.48. The molecule has 1 rings (SSSR count). The van der Waals surface area contributed by atoms with Crippen molar-refractivity contribution < 1.29 is 22.7 Å². The molecule has 0 aromatic heterocycles. The van der Waals surface area contributed by atoms with Gasteiger partial charge in [-0.2, -0.15) is 0 Å². The lowest BCUT2D eigenvalue weighted by molar-refractivity contribution is 0.0694. The lowest BCUT2D eigenvalue weighted by atomic mass is 10.2. The number of carbonyl (C=O) groups is 1.